The van der Waals surface area contributed by atoms with Crippen LogP contribution in [0.3, 0.4) is 0 Å². The number of ether oxygens (including phenoxy) is 3. The number of nitrogens with zero attached hydrogens (tertiary/aromatic N) is 1. The summed E-state index contributed by atoms with van der Waals surface area (Å²) in [6, 6.07) is 2.64. The molecule has 4 atom stereocenters. The van der Waals surface area contributed by atoms with Gasteiger partial charge in [-0.3, -0.25) is 4.31 Å². The Bertz CT molecular complexity index is 1680. The Labute approximate surface area is 281 Å². The molecule has 2 aromatic rings. The molecule has 1 saturated carbocycles. The molecule has 5 rings (SSSR count). The molecule has 2 aliphatic heterocycles. The number of halogens is 4. The number of carbonyl (C=O) groups is 1. The monoisotopic (exact) mass is 697 g/mol. The summed E-state index contributed by atoms with van der Waals surface area (Å²) in [6.07, 6.45) is 1.99. The topological polar surface area (TPSA) is 82.1 Å². The summed E-state index contributed by atoms with van der Waals surface area (Å²) < 4.78 is 102. The Morgan fingerprint density at radius 2 is 1.75 bits per heavy atom. The molecular weight excluding hydrogens is 650 g/mol. The van der Waals surface area contributed by atoms with E-state index in [0.29, 0.717) is 69.5 Å². The van der Waals surface area contributed by atoms with Crippen LogP contribution < -0.4 is 9.04 Å². The standard InChI is InChI=1S/C36H47F4NO6S/c1-19(2)23-12-11-20(3)16-29(23)46-34(42)33(47-35(6,7)8)30-21(4)17-28-25(13-14-41(28)48(43,44)36(38,39)40)31(30)26-18-27(37)32-24(22(26)5)10-9-15-45-32/h17-20,23,29,33H,9-16H2,1-8H3/t20-,23+,29-,33?/m1/s1. The van der Waals surface area contributed by atoms with E-state index >= 15 is 4.39 Å². The molecule has 0 amide bonds. The maximum absolute atomic E-state index is 15.8. The normalized spacial score (nSPS) is 22.3. The van der Waals surface area contributed by atoms with E-state index in [0.717, 1.165) is 12.8 Å². The number of sulfonamides is 1. The minimum Gasteiger partial charge on any atom is -0.490 e. The predicted molar refractivity (Wildman–Crippen MR) is 176 cm³/mol. The van der Waals surface area contributed by atoms with Crippen LogP contribution in [0, 0.1) is 37.4 Å². The summed E-state index contributed by atoms with van der Waals surface area (Å²) in [4.78, 5) is 14.4. The van der Waals surface area contributed by atoms with Gasteiger partial charge in [-0.25, -0.2) is 9.18 Å². The maximum Gasteiger partial charge on any atom is 0.516 e. The first kappa shape index (κ1) is 36.4. The van der Waals surface area contributed by atoms with Gasteiger partial charge in [0.15, 0.2) is 17.7 Å². The summed E-state index contributed by atoms with van der Waals surface area (Å²) in [5.41, 5.74) is -3.74. The van der Waals surface area contributed by atoms with E-state index in [4.69, 9.17) is 14.2 Å². The minimum absolute atomic E-state index is 0.0885. The summed E-state index contributed by atoms with van der Waals surface area (Å²) >= 11 is 0. The van der Waals surface area contributed by atoms with E-state index in [1.165, 1.54) is 12.1 Å². The maximum atomic E-state index is 15.8. The van der Waals surface area contributed by atoms with Gasteiger partial charge in [-0.05, 0) is 124 Å². The lowest BCUT2D eigenvalue weighted by molar-refractivity contribution is -0.178. The summed E-state index contributed by atoms with van der Waals surface area (Å²) in [5, 5.41) is 0. The number of benzene rings is 2. The number of aryl methyl sites for hydroxylation is 1. The van der Waals surface area contributed by atoms with E-state index < -0.39 is 45.6 Å². The first-order chi connectivity index (χ1) is 22.2. The van der Waals surface area contributed by atoms with E-state index in [-0.39, 0.29) is 41.4 Å². The Balaban J connectivity index is 1.76. The molecule has 0 N–H and O–H groups in total. The van der Waals surface area contributed by atoms with E-state index in [1.54, 1.807) is 34.6 Å². The highest BCUT2D eigenvalue weighted by Crippen LogP contribution is 2.49. The van der Waals surface area contributed by atoms with Crippen LogP contribution in [-0.4, -0.2) is 44.8 Å². The summed E-state index contributed by atoms with van der Waals surface area (Å²) in [6.45, 7) is 15.0. The van der Waals surface area contributed by atoms with Crippen LogP contribution in [0.5, 0.6) is 5.75 Å². The van der Waals surface area contributed by atoms with E-state index in [9.17, 15) is 26.4 Å². The minimum atomic E-state index is -5.74. The second-order valence-electron chi connectivity index (χ2n) is 15.0. The van der Waals surface area contributed by atoms with Crippen molar-refractivity contribution in [2.45, 2.75) is 117 Å². The first-order valence-electron chi connectivity index (χ1n) is 16.8. The molecule has 3 aliphatic rings. The quantitative estimate of drug-likeness (QED) is 0.213. The van der Waals surface area contributed by atoms with Crippen LogP contribution in [0.4, 0.5) is 23.2 Å². The number of rotatable bonds is 7. The van der Waals surface area contributed by atoms with Gasteiger partial charge in [0.2, 0.25) is 0 Å². The van der Waals surface area contributed by atoms with Gasteiger partial charge in [0.1, 0.15) is 6.10 Å². The van der Waals surface area contributed by atoms with Gasteiger partial charge in [-0.2, -0.15) is 21.6 Å². The van der Waals surface area contributed by atoms with Crippen molar-refractivity contribution < 1.29 is 45.0 Å². The Morgan fingerprint density at radius 1 is 1.06 bits per heavy atom. The molecule has 0 spiro atoms. The number of hydrogen-bond donors (Lipinski definition) is 0. The smallest absolute Gasteiger partial charge is 0.490 e. The molecule has 1 aliphatic carbocycles. The third-order valence-electron chi connectivity index (χ3n) is 9.96. The molecule has 1 unspecified atom stereocenters. The Morgan fingerprint density at radius 3 is 2.38 bits per heavy atom. The zero-order valence-corrected chi connectivity index (χ0v) is 29.8. The third kappa shape index (κ3) is 6.80. The lowest BCUT2D eigenvalue weighted by Gasteiger charge is -2.38. The van der Waals surface area contributed by atoms with Crippen LogP contribution in [0.15, 0.2) is 12.1 Å². The fraction of sp³-hybridized carbons (Fsp3) is 0.639. The SMILES string of the molecule is Cc1cc2c(c(-c3cc(F)c4c(c3C)CCCO4)c1C(OC(C)(C)C)C(=O)O[C@@H]1C[C@H](C)CC[C@H]1C(C)C)CCN2S(=O)(=O)C(F)(F)F. The second kappa shape index (κ2) is 13.1. The number of alkyl halides is 3. The lowest BCUT2D eigenvalue weighted by atomic mass is 9.75. The van der Waals surface area contributed by atoms with Crippen molar-refractivity contribution in [1.82, 2.24) is 0 Å². The molecule has 0 saturated heterocycles. The van der Waals surface area contributed by atoms with Crippen molar-refractivity contribution in [3.8, 4) is 16.9 Å². The molecule has 7 nitrogen and oxygen atoms in total. The molecule has 2 heterocycles. The molecule has 0 aromatic heterocycles. The van der Waals surface area contributed by atoms with Crippen LogP contribution in [0.2, 0.25) is 0 Å². The third-order valence-corrected chi connectivity index (χ3v) is 11.5. The Hall–Kier alpha value is -2.86. The number of fused-ring (bicyclic) bond motifs is 2. The van der Waals surface area contributed by atoms with Crippen molar-refractivity contribution in [2.75, 3.05) is 17.5 Å². The summed E-state index contributed by atoms with van der Waals surface area (Å²) in [7, 11) is -5.74. The van der Waals surface area contributed by atoms with Crippen LogP contribution >= 0.6 is 0 Å². The van der Waals surface area contributed by atoms with Crippen molar-refractivity contribution in [3.63, 3.8) is 0 Å². The molecule has 1 fully saturated rings. The van der Waals surface area contributed by atoms with Crippen molar-refractivity contribution in [2.24, 2.45) is 17.8 Å². The predicted octanol–water partition coefficient (Wildman–Crippen LogP) is 8.51. The molecule has 48 heavy (non-hydrogen) atoms. The van der Waals surface area contributed by atoms with Crippen molar-refractivity contribution >= 4 is 21.7 Å². The van der Waals surface area contributed by atoms with E-state index in [1.807, 2.05) is 0 Å². The highest BCUT2D eigenvalue weighted by atomic mass is 32.2. The average molecular weight is 698 g/mol. The molecule has 0 radical (unpaired) electrons. The zero-order valence-electron chi connectivity index (χ0n) is 29.0. The fourth-order valence-electron chi connectivity index (χ4n) is 7.64. The number of anilines is 1. The van der Waals surface area contributed by atoms with Gasteiger partial charge >= 0.3 is 21.5 Å². The highest BCUT2D eigenvalue weighted by molar-refractivity contribution is 7.93. The molecule has 266 valence electrons. The van der Waals surface area contributed by atoms with Crippen molar-refractivity contribution in [3.05, 3.63) is 45.8 Å². The summed E-state index contributed by atoms with van der Waals surface area (Å²) in [5.74, 6) is -0.407. The Kier molecular flexibility index (Phi) is 9.95. The van der Waals surface area contributed by atoms with Crippen LogP contribution in [-0.2, 0) is 37.1 Å². The molecular formula is C36H47F4NO6S. The number of carbonyl (C=O) groups excluding carboxylic acids is 1. The molecule has 2 aromatic carbocycles. The van der Waals surface area contributed by atoms with Gasteiger partial charge in [-0.1, -0.05) is 27.2 Å². The zero-order chi connectivity index (χ0) is 35.5. The van der Waals surface area contributed by atoms with Gasteiger partial charge in [0.05, 0.1) is 17.9 Å². The van der Waals surface area contributed by atoms with Crippen LogP contribution in [0.1, 0.15) is 101 Å². The lowest BCUT2D eigenvalue weighted by Crippen LogP contribution is -2.40. The average Bonchev–Trinajstić information content (AvgIpc) is 3.40. The fourth-order valence-corrected chi connectivity index (χ4v) is 8.65. The second-order valence-corrected chi connectivity index (χ2v) is 16.8. The highest BCUT2D eigenvalue weighted by Gasteiger charge is 2.52. The number of hydrogen-bond acceptors (Lipinski definition) is 6. The van der Waals surface area contributed by atoms with Gasteiger partial charge in [0.25, 0.3) is 0 Å². The first-order valence-corrected chi connectivity index (χ1v) is 18.3. The largest absolute Gasteiger partial charge is 0.516 e. The van der Waals surface area contributed by atoms with Crippen molar-refractivity contribution in [1.29, 1.82) is 0 Å². The molecule has 0 bridgehead atoms. The number of esters is 1. The van der Waals surface area contributed by atoms with Gasteiger partial charge in [0, 0.05) is 17.7 Å². The molecule has 12 heteroatoms. The van der Waals surface area contributed by atoms with Gasteiger partial charge < -0.3 is 14.2 Å². The van der Waals surface area contributed by atoms with E-state index in [2.05, 4.69) is 20.8 Å². The van der Waals surface area contributed by atoms with Gasteiger partial charge in [-0.15, -0.1) is 0 Å². The van der Waals surface area contributed by atoms with Crippen LogP contribution in [0.25, 0.3) is 11.1 Å².